The molecule has 2 rings (SSSR count). The maximum absolute atomic E-state index is 13.9. The molecule has 0 amide bonds. The molecule has 0 spiro atoms. The van der Waals surface area contributed by atoms with E-state index in [1.54, 1.807) is 19.3 Å². The molecule has 5 heteroatoms. The number of aryl methyl sites for hydroxylation is 1. The van der Waals surface area contributed by atoms with Crippen molar-refractivity contribution >= 4 is 0 Å². The number of nitrogens with one attached hydrogen (secondary N) is 1. The van der Waals surface area contributed by atoms with Gasteiger partial charge in [0.15, 0.2) is 17.5 Å². The zero-order valence-electron chi connectivity index (χ0n) is 11.3. The molecule has 0 aliphatic carbocycles. The predicted octanol–water partition coefficient (Wildman–Crippen LogP) is 3.37. The fraction of sp³-hybridized carbons (Fsp3) is 0.267. The van der Waals surface area contributed by atoms with Gasteiger partial charge in [-0.2, -0.15) is 0 Å². The summed E-state index contributed by atoms with van der Waals surface area (Å²) < 4.78 is 40.3. The van der Waals surface area contributed by atoms with Crippen molar-refractivity contribution in [2.24, 2.45) is 0 Å². The Balaban J connectivity index is 2.56. The zero-order valence-corrected chi connectivity index (χ0v) is 11.3. The Hall–Kier alpha value is -1.88. The molecule has 0 aliphatic heterocycles. The summed E-state index contributed by atoms with van der Waals surface area (Å²) in [6.07, 6.45) is 2.31. The first kappa shape index (κ1) is 14.5. The van der Waals surface area contributed by atoms with Crippen molar-refractivity contribution in [2.75, 3.05) is 7.05 Å². The third kappa shape index (κ3) is 2.54. The molecular weight excluding hydrogens is 265 g/mol. The van der Waals surface area contributed by atoms with E-state index in [4.69, 9.17) is 0 Å². The molecule has 2 aromatic rings. The van der Waals surface area contributed by atoms with Crippen LogP contribution in [-0.2, 0) is 6.42 Å². The molecule has 0 saturated heterocycles. The highest BCUT2D eigenvalue weighted by molar-refractivity contribution is 5.34. The summed E-state index contributed by atoms with van der Waals surface area (Å²) in [4.78, 5) is 4.24. The molecule has 0 fully saturated rings. The van der Waals surface area contributed by atoms with Crippen molar-refractivity contribution in [1.29, 1.82) is 0 Å². The van der Waals surface area contributed by atoms with Gasteiger partial charge in [-0.15, -0.1) is 0 Å². The molecule has 1 atom stereocenters. The highest BCUT2D eigenvalue weighted by Gasteiger charge is 2.23. The van der Waals surface area contributed by atoms with E-state index in [2.05, 4.69) is 10.3 Å². The fourth-order valence-electron chi connectivity index (χ4n) is 2.21. The third-order valence-electron chi connectivity index (χ3n) is 3.25. The minimum atomic E-state index is -1.46. The van der Waals surface area contributed by atoms with E-state index < -0.39 is 23.5 Å². The molecule has 1 N–H and O–H groups in total. The van der Waals surface area contributed by atoms with Gasteiger partial charge < -0.3 is 5.32 Å². The molecule has 1 heterocycles. The van der Waals surface area contributed by atoms with Crippen LogP contribution in [0.2, 0.25) is 0 Å². The lowest BCUT2D eigenvalue weighted by molar-refractivity contribution is 0.434. The summed E-state index contributed by atoms with van der Waals surface area (Å²) in [7, 11) is 1.62. The van der Waals surface area contributed by atoms with Crippen LogP contribution in [-0.4, -0.2) is 12.0 Å². The highest BCUT2D eigenvalue weighted by Crippen LogP contribution is 2.27. The number of halogens is 3. The van der Waals surface area contributed by atoms with Crippen molar-refractivity contribution in [3.8, 4) is 0 Å². The first-order valence-electron chi connectivity index (χ1n) is 6.34. The van der Waals surface area contributed by atoms with Crippen LogP contribution in [0.25, 0.3) is 0 Å². The first-order valence-corrected chi connectivity index (χ1v) is 6.34. The van der Waals surface area contributed by atoms with E-state index in [9.17, 15) is 13.2 Å². The highest BCUT2D eigenvalue weighted by atomic mass is 19.2. The van der Waals surface area contributed by atoms with Crippen molar-refractivity contribution in [1.82, 2.24) is 10.3 Å². The Bertz CT molecular complexity index is 614. The number of pyridine rings is 1. The average Bonchev–Trinajstić information content (AvgIpc) is 2.48. The molecular formula is C15H15F3N2. The van der Waals surface area contributed by atoms with Crippen LogP contribution in [0.4, 0.5) is 13.2 Å². The van der Waals surface area contributed by atoms with E-state index in [1.807, 2.05) is 13.0 Å². The standard InChI is InChI=1S/C15H15F3N2/c1-3-9-5-4-8-20-14(9)15(19-2)10-6-7-11(16)13(18)12(10)17/h4-8,15,19H,3H2,1-2H3. The van der Waals surface area contributed by atoms with Crippen LogP contribution in [0.3, 0.4) is 0 Å². The Morgan fingerprint density at radius 2 is 1.90 bits per heavy atom. The van der Waals surface area contributed by atoms with Crippen LogP contribution in [0.1, 0.15) is 29.8 Å². The van der Waals surface area contributed by atoms with Gasteiger partial charge in [-0.25, -0.2) is 13.2 Å². The van der Waals surface area contributed by atoms with Crippen molar-refractivity contribution in [3.05, 3.63) is 64.7 Å². The Labute approximate surface area is 115 Å². The number of nitrogens with zero attached hydrogens (tertiary/aromatic N) is 1. The summed E-state index contributed by atoms with van der Waals surface area (Å²) >= 11 is 0. The average molecular weight is 280 g/mol. The summed E-state index contributed by atoms with van der Waals surface area (Å²) in [6, 6.07) is 5.21. The van der Waals surface area contributed by atoms with E-state index in [0.717, 1.165) is 11.6 Å². The first-order chi connectivity index (χ1) is 9.60. The monoisotopic (exact) mass is 280 g/mol. The smallest absolute Gasteiger partial charge is 0.194 e. The summed E-state index contributed by atoms with van der Waals surface area (Å²) in [6.45, 7) is 1.95. The van der Waals surface area contributed by atoms with Gasteiger partial charge in [-0.3, -0.25) is 4.98 Å². The lowest BCUT2D eigenvalue weighted by Crippen LogP contribution is -2.22. The molecule has 0 aliphatic rings. The van der Waals surface area contributed by atoms with Gasteiger partial charge in [0.05, 0.1) is 11.7 Å². The lowest BCUT2D eigenvalue weighted by Gasteiger charge is -2.19. The minimum absolute atomic E-state index is 0.0415. The quantitative estimate of drug-likeness (QED) is 0.869. The summed E-state index contributed by atoms with van der Waals surface area (Å²) in [5, 5.41) is 2.91. The van der Waals surface area contributed by atoms with Crippen LogP contribution in [0.5, 0.6) is 0 Å². The van der Waals surface area contributed by atoms with Crippen LogP contribution in [0.15, 0.2) is 30.5 Å². The second-order valence-corrected chi connectivity index (χ2v) is 4.39. The van der Waals surface area contributed by atoms with Gasteiger partial charge in [-0.1, -0.05) is 19.1 Å². The number of hydrogen-bond donors (Lipinski definition) is 1. The van der Waals surface area contributed by atoms with E-state index in [0.29, 0.717) is 12.1 Å². The van der Waals surface area contributed by atoms with Gasteiger partial charge >= 0.3 is 0 Å². The second kappa shape index (κ2) is 6.05. The Morgan fingerprint density at radius 1 is 1.15 bits per heavy atom. The number of benzene rings is 1. The molecule has 1 aromatic carbocycles. The van der Waals surface area contributed by atoms with Crippen LogP contribution >= 0.6 is 0 Å². The maximum Gasteiger partial charge on any atom is 0.194 e. The fourth-order valence-corrected chi connectivity index (χ4v) is 2.21. The topological polar surface area (TPSA) is 24.9 Å². The Kier molecular flexibility index (Phi) is 4.39. The lowest BCUT2D eigenvalue weighted by atomic mass is 9.97. The normalized spacial score (nSPS) is 12.4. The molecule has 106 valence electrons. The molecule has 1 aromatic heterocycles. The van der Waals surface area contributed by atoms with E-state index in [-0.39, 0.29) is 5.56 Å². The van der Waals surface area contributed by atoms with Gasteiger partial charge in [-0.05, 0) is 31.2 Å². The maximum atomic E-state index is 13.9. The Morgan fingerprint density at radius 3 is 2.55 bits per heavy atom. The van der Waals surface area contributed by atoms with Crippen molar-refractivity contribution in [2.45, 2.75) is 19.4 Å². The largest absolute Gasteiger partial charge is 0.308 e. The van der Waals surface area contributed by atoms with Crippen molar-refractivity contribution < 1.29 is 13.2 Å². The molecule has 20 heavy (non-hydrogen) atoms. The number of aromatic nitrogens is 1. The van der Waals surface area contributed by atoms with Crippen LogP contribution < -0.4 is 5.32 Å². The van der Waals surface area contributed by atoms with Gasteiger partial charge in [0.25, 0.3) is 0 Å². The third-order valence-corrected chi connectivity index (χ3v) is 3.25. The zero-order chi connectivity index (χ0) is 14.7. The summed E-state index contributed by atoms with van der Waals surface area (Å²) in [5.74, 6) is -3.84. The number of hydrogen-bond acceptors (Lipinski definition) is 2. The SMILES string of the molecule is CCc1cccnc1C(NC)c1ccc(F)c(F)c1F. The minimum Gasteiger partial charge on any atom is -0.308 e. The molecule has 0 radical (unpaired) electrons. The van der Waals surface area contributed by atoms with Gasteiger partial charge in [0.1, 0.15) is 0 Å². The van der Waals surface area contributed by atoms with Crippen LogP contribution in [0, 0.1) is 17.5 Å². The molecule has 0 saturated carbocycles. The molecule has 2 nitrogen and oxygen atoms in total. The van der Waals surface area contributed by atoms with E-state index in [1.165, 1.54) is 6.07 Å². The van der Waals surface area contributed by atoms with Gasteiger partial charge in [0.2, 0.25) is 0 Å². The second-order valence-electron chi connectivity index (χ2n) is 4.39. The molecule has 0 bridgehead atoms. The predicted molar refractivity (Wildman–Crippen MR) is 70.8 cm³/mol. The number of rotatable bonds is 4. The van der Waals surface area contributed by atoms with Gasteiger partial charge in [0, 0.05) is 11.8 Å². The van der Waals surface area contributed by atoms with E-state index >= 15 is 0 Å². The summed E-state index contributed by atoms with van der Waals surface area (Å²) in [5.41, 5.74) is 1.58. The van der Waals surface area contributed by atoms with Crippen molar-refractivity contribution in [3.63, 3.8) is 0 Å². The molecule has 1 unspecified atom stereocenters.